The third kappa shape index (κ3) is 5.98. The van der Waals surface area contributed by atoms with Crippen LogP contribution in [0.25, 0.3) is 0 Å². The smallest absolute Gasteiger partial charge is 0.308 e. The van der Waals surface area contributed by atoms with Crippen molar-refractivity contribution in [1.29, 1.82) is 0 Å². The molecule has 0 saturated heterocycles. The number of hydrogen-bond donors (Lipinski definition) is 2. The van der Waals surface area contributed by atoms with Gasteiger partial charge in [-0.25, -0.2) is 0 Å². The molecule has 3 aromatic rings. The highest BCUT2D eigenvalue weighted by Gasteiger charge is 2.32. The largest absolute Gasteiger partial charge is 0.447 e. The molecule has 7 nitrogen and oxygen atoms in total. The van der Waals surface area contributed by atoms with Crippen LogP contribution in [0.3, 0.4) is 0 Å². The van der Waals surface area contributed by atoms with Gasteiger partial charge in [-0.05, 0) is 30.2 Å². The number of aromatic nitrogens is 1. The van der Waals surface area contributed by atoms with E-state index >= 15 is 0 Å². The van der Waals surface area contributed by atoms with Gasteiger partial charge in [0, 0.05) is 29.4 Å². The number of pyridine rings is 1. The first-order valence-corrected chi connectivity index (χ1v) is 11.5. The third-order valence-electron chi connectivity index (χ3n) is 5.09. The molecule has 0 saturated carbocycles. The van der Waals surface area contributed by atoms with Crippen LogP contribution in [0.5, 0.6) is 0 Å². The zero-order valence-electron chi connectivity index (χ0n) is 17.8. The summed E-state index contributed by atoms with van der Waals surface area (Å²) >= 11 is 1.31. The van der Waals surface area contributed by atoms with Crippen molar-refractivity contribution in [3.8, 4) is 0 Å². The summed E-state index contributed by atoms with van der Waals surface area (Å²) in [6, 6.07) is 20.5. The minimum absolute atomic E-state index is 0.154. The number of thioether (sulfide) groups is 1. The van der Waals surface area contributed by atoms with Gasteiger partial charge in [-0.15, -0.1) is 11.8 Å². The SMILES string of the molecule is O=C(C[C@@H]1Sc2ccccc2NC1=O)O[C@H](C(=O)NCCc1ccccc1)c1cccnc1. The number of nitrogens with zero attached hydrogens (tertiary/aromatic N) is 1. The topological polar surface area (TPSA) is 97.4 Å². The number of anilines is 1. The number of para-hydroxylation sites is 1. The van der Waals surface area contributed by atoms with Gasteiger partial charge in [0.1, 0.15) is 0 Å². The fourth-order valence-corrected chi connectivity index (χ4v) is 4.52. The lowest BCUT2D eigenvalue weighted by atomic mass is 10.1. The van der Waals surface area contributed by atoms with Crippen LogP contribution in [0.4, 0.5) is 5.69 Å². The van der Waals surface area contributed by atoms with E-state index in [9.17, 15) is 14.4 Å². The number of amides is 2. The predicted molar refractivity (Wildman–Crippen MR) is 126 cm³/mol. The van der Waals surface area contributed by atoms with Gasteiger partial charge in [0.05, 0.1) is 17.4 Å². The van der Waals surface area contributed by atoms with Gasteiger partial charge in [0.15, 0.2) is 0 Å². The first-order valence-electron chi connectivity index (χ1n) is 10.6. The molecule has 33 heavy (non-hydrogen) atoms. The average molecular weight is 462 g/mol. The summed E-state index contributed by atoms with van der Waals surface area (Å²) in [6.07, 6.45) is 2.42. The van der Waals surface area contributed by atoms with E-state index in [1.165, 1.54) is 18.0 Å². The van der Waals surface area contributed by atoms with Crippen LogP contribution < -0.4 is 10.6 Å². The second-order valence-corrected chi connectivity index (χ2v) is 8.72. The van der Waals surface area contributed by atoms with E-state index in [4.69, 9.17) is 4.74 Å². The monoisotopic (exact) mass is 461 g/mol. The molecule has 1 aromatic heterocycles. The maximum atomic E-state index is 12.9. The van der Waals surface area contributed by atoms with Crippen molar-refractivity contribution in [2.45, 2.75) is 29.1 Å². The van der Waals surface area contributed by atoms with Gasteiger partial charge in [0.25, 0.3) is 5.91 Å². The number of fused-ring (bicyclic) bond motifs is 1. The Morgan fingerprint density at radius 2 is 1.85 bits per heavy atom. The molecule has 4 rings (SSSR count). The van der Waals surface area contributed by atoms with Gasteiger partial charge in [-0.3, -0.25) is 19.4 Å². The Kier molecular flexibility index (Phi) is 7.36. The molecule has 2 amide bonds. The molecule has 1 aliphatic rings. The minimum atomic E-state index is -1.15. The quantitative estimate of drug-likeness (QED) is 0.498. The summed E-state index contributed by atoms with van der Waals surface area (Å²) in [5.41, 5.74) is 2.28. The number of benzene rings is 2. The maximum Gasteiger partial charge on any atom is 0.308 e. The number of nitrogens with one attached hydrogen (secondary N) is 2. The van der Waals surface area contributed by atoms with E-state index in [-0.39, 0.29) is 12.3 Å². The molecule has 0 spiro atoms. The first kappa shape index (κ1) is 22.5. The molecule has 2 aromatic carbocycles. The predicted octanol–water partition coefficient (Wildman–Crippen LogP) is 3.53. The molecule has 8 heteroatoms. The Morgan fingerprint density at radius 3 is 2.64 bits per heavy atom. The number of ether oxygens (including phenoxy) is 1. The lowest BCUT2D eigenvalue weighted by molar-refractivity contribution is -0.156. The van der Waals surface area contributed by atoms with Crippen LogP contribution >= 0.6 is 11.8 Å². The second-order valence-electron chi connectivity index (χ2n) is 7.48. The molecule has 2 N–H and O–H groups in total. The lowest BCUT2D eigenvalue weighted by Crippen LogP contribution is -2.35. The number of esters is 1. The zero-order chi connectivity index (χ0) is 23.0. The average Bonchev–Trinajstić information content (AvgIpc) is 2.84. The molecule has 0 fully saturated rings. The van der Waals surface area contributed by atoms with Gasteiger partial charge in [-0.2, -0.15) is 0 Å². The highest BCUT2D eigenvalue weighted by molar-refractivity contribution is 8.01. The van der Waals surface area contributed by atoms with Crippen molar-refractivity contribution in [2.75, 3.05) is 11.9 Å². The molecular weight excluding hydrogens is 438 g/mol. The van der Waals surface area contributed by atoms with Gasteiger partial charge in [-0.1, -0.05) is 48.5 Å². The first-order chi connectivity index (χ1) is 16.1. The zero-order valence-corrected chi connectivity index (χ0v) is 18.6. The number of carbonyl (C=O) groups excluding carboxylic acids is 3. The summed E-state index contributed by atoms with van der Waals surface area (Å²) in [4.78, 5) is 43.0. The molecule has 1 aliphatic heterocycles. The van der Waals surface area contributed by atoms with E-state index in [1.807, 2.05) is 54.6 Å². The third-order valence-corrected chi connectivity index (χ3v) is 6.36. The molecule has 0 bridgehead atoms. The van der Waals surface area contributed by atoms with Crippen molar-refractivity contribution >= 4 is 35.2 Å². The van der Waals surface area contributed by atoms with Crippen LogP contribution in [-0.4, -0.2) is 34.6 Å². The number of rotatable bonds is 8. The fourth-order valence-electron chi connectivity index (χ4n) is 3.43. The van der Waals surface area contributed by atoms with Gasteiger partial charge in [0.2, 0.25) is 12.0 Å². The van der Waals surface area contributed by atoms with Crippen LogP contribution in [0, 0.1) is 0 Å². The number of carbonyl (C=O) groups is 3. The standard InChI is InChI=1S/C25H23N3O4S/c29-22(15-21-24(30)28-19-10-4-5-11-20(19)33-21)32-23(18-9-6-13-26-16-18)25(31)27-14-12-17-7-2-1-3-8-17/h1-11,13,16,21,23H,12,14-15H2,(H,27,31)(H,28,30)/t21-,23-/m0/s1. The fraction of sp³-hybridized carbons (Fsp3) is 0.200. The van der Waals surface area contributed by atoms with Crippen LogP contribution in [0.15, 0.2) is 84.0 Å². The minimum Gasteiger partial charge on any atom is -0.447 e. The van der Waals surface area contributed by atoms with Gasteiger partial charge < -0.3 is 15.4 Å². The van der Waals surface area contributed by atoms with E-state index in [1.54, 1.807) is 18.3 Å². The molecular formula is C25H23N3O4S. The molecule has 0 unspecified atom stereocenters. The van der Waals surface area contributed by atoms with Crippen molar-refractivity contribution in [2.24, 2.45) is 0 Å². The molecule has 168 valence electrons. The Labute approximate surface area is 195 Å². The van der Waals surface area contributed by atoms with Crippen LogP contribution in [0.2, 0.25) is 0 Å². The summed E-state index contributed by atoms with van der Waals surface area (Å²) in [7, 11) is 0. The summed E-state index contributed by atoms with van der Waals surface area (Å²) in [6.45, 7) is 0.398. The number of hydrogen-bond acceptors (Lipinski definition) is 6. The molecule has 0 radical (unpaired) electrons. The van der Waals surface area contributed by atoms with E-state index in [0.29, 0.717) is 18.5 Å². The van der Waals surface area contributed by atoms with Crippen molar-refractivity contribution in [3.63, 3.8) is 0 Å². The Hall–Kier alpha value is -3.65. The van der Waals surface area contributed by atoms with Crippen LogP contribution in [-0.2, 0) is 25.5 Å². The van der Waals surface area contributed by atoms with Crippen molar-refractivity contribution in [3.05, 3.63) is 90.3 Å². The highest BCUT2D eigenvalue weighted by Crippen LogP contribution is 2.37. The van der Waals surface area contributed by atoms with Crippen molar-refractivity contribution < 1.29 is 19.1 Å². The Bertz CT molecular complexity index is 1120. The Morgan fingerprint density at radius 1 is 1.06 bits per heavy atom. The van der Waals surface area contributed by atoms with Gasteiger partial charge >= 0.3 is 5.97 Å². The second kappa shape index (κ2) is 10.8. The summed E-state index contributed by atoms with van der Waals surface area (Å²) < 4.78 is 5.56. The van der Waals surface area contributed by atoms with E-state index in [2.05, 4.69) is 15.6 Å². The van der Waals surface area contributed by atoms with Crippen LogP contribution in [0.1, 0.15) is 23.7 Å². The lowest BCUT2D eigenvalue weighted by Gasteiger charge is -2.24. The summed E-state index contributed by atoms with van der Waals surface area (Å²) in [5, 5.41) is 5.01. The Balaban J connectivity index is 1.39. The molecule has 2 atom stereocenters. The molecule has 2 heterocycles. The maximum absolute atomic E-state index is 12.9. The normalized spacial score (nSPS) is 15.6. The highest BCUT2D eigenvalue weighted by atomic mass is 32.2. The molecule has 0 aliphatic carbocycles. The van der Waals surface area contributed by atoms with E-state index < -0.39 is 23.2 Å². The van der Waals surface area contributed by atoms with E-state index in [0.717, 1.165) is 16.1 Å². The van der Waals surface area contributed by atoms with Crippen molar-refractivity contribution in [1.82, 2.24) is 10.3 Å². The summed E-state index contributed by atoms with van der Waals surface area (Å²) in [5.74, 6) is -1.33.